The number of carboxylic acid groups (broad SMARTS) is 1. The van der Waals surface area contributed by atoms with Crippen LogP contribution in [0, 0.1) is 0 Å². The van der Waals surface area contributed by atoms with E-state index in [0.29, 0.717) is 11.5 Å². The van der Waals surface area contributed by atoms with Crippen molar-refractivity contribution in [2.75, 3.05) is 6.54 Å². The Morgan fingerprint density at radius 2 is 1.68 bits per heavy atom. The Morgan fingerprint density at radius 3 is 2.32 bits per heavy atom. The molecule has 0 saturated heterocycles. The van der Waals surface area contributed by atoms with Crippen molar-refractivity contribution < 1.29 is 27.9 Å². The number of allylic oxidation sites excluding steroid dienone is 4. The first kappa shape index (κ1) is 31.4. The smallest absolute Gasteiger partial charge is 0.416 e. The van der Waals surface area contributed by atoms with Gasteiger partial charge in [-0.05, 0) is 83.2 Å². The molecule has 1 fully saturated rings. The second kappa shape index (κ2) is 13.7. The monoisotopic (exact) mass is 604 g/mol. The standard InChI is InChI=1S/C36H39F3N2O3/c1-2-5-31(25-10-14-27(15-11-25)35(44)40-19-18-33(42)43)34(26-12-8-24(9-13-26)23-6-3-4-7-23)29-20-28-16-17-30(36(37,38)39)21-32(28)41-22-29/h8-17,20-23,31-32,34,41H,2-7,18-19H2,1H3,(H,40,44)(H,42,43). The van der Waals surface area contributed by atoms with E-state index in [2.05, 4.69) is 41.8 Å². The van der Waals surface area contributed by atoms with E-state index in [0.717, 1.165) is 41.2 Å². The first-order chi connectivity index (χ1) is 21.1. The molecule has 232 valence electrons. The fourth-order valence-electron chi connectivity index (χ4n) is 6.69. The Balaban J connectivity index is 1.47. The van der Waals surface area contributed by atoms with Crippen LogP contribution in [0.1, 0.15) is 96.7 Å². The Morgan fingerprint density at radius 1 is 1.00 bits per heavy atom. The number of aliphatic carboxylic acids is 1. The van der Waals surface area contributed by atoms with Gasteiger partial charge < -0.3 is 15.7 Å². The lowest BCUT2D eigenvalue weighted by atomic mass is 9.73. The van der Waals surface area contributed by atoms with Crippen LogP contribution in [0.3, 0.4) is 0 Å². The first-order valence-corrected chi connectivity index (χ1v) is 15.5. The van der Waals surface area contributed by atoms with Crippen molar-refractivity contribution in [3.05, 3.63) is 118 Å². The summed E-state index contributed by atoms with van der Waals surface area (Å²) in [5, 5.41) is 14.7. The lowest BCUT2D eigenvalue weighted by Crippen LogP contribution is -2.32. The highest BCUT2D eigenvalue weighted by Crippen LogP contribution is 2.45. The van der Waals surface area contributed by atoms with Crippen LogP contribution in [-0.4, -0.2) is 35.7 Å². The van der Waals surface area contributed by atoms with Gasteiger partial charge in [0.2, 0.25) is 0 Å². The Kier molecular flexibility index (Phi) is 9.77. The highest BCUT2D eigenvalue weighted by atomic mass is 19.4. The molecule has 5 rings (SSSR count). The normalized spacial score (nSPS) is 19.6. The molecule has 5 nitrogen and oxygen atoms in total. The molecule has 0 aromatic heterocycles. The zero-order valence-electron chi connectivity index (χ0n) is 24.9. The summed E-state index contributed by atoms with van der Waals surface area (Å²) in [5.41, 5.74) is 5.12. The van der Waals surface area contributed by atoms with Crippen molar-refractivity contribution in [2.45, 2.75) is 81.8 Å². The van der Waals surface area contributed by atoms with Gasteiger partial charge >= 0.3 is 12.1 Å². The maximum atomic E-state index is 13.4. The minimum Gasteiger partial charge on any atom is -0.481 e. The van der Waals surface area contributed by atoms with E-state index in [-0.39, 0.29) is 30.7 Å². The zero-order valence-corrected chi connectivity index (χ0v) is 24.9. The molecule has 1 aliphatic heterocycles. The van der Waals surface area contributed by atoms with Crippen LogP contribution >= 0.6 is 0 Å². The Hall–Kier alpha value is -4.07. The van der Waals surface area contributed by atoms with Crippen molar-refractivity contribution >= 4 is 11.9 Å². The highest BCUT2D eigenvalue weighted by Gasteiger charge is 2.36. The van der Waals surface area contributed by atoms with Gasteiger partial charge in [0.1, 0.15) is 0 Å². The molecule has 3 unspecified atom stereocenters. The average Bonchev–Trinajstić information content (AvgIpc) is 3.55. The molecule has 2 aromatic rings. The molecule has 0 bridgehead atoms. The number of carbonyl (C=O) groups is 2. The van der Waals surface area contributed by atoms with Crippen molar-refractivity contribution in [1.82, 2.24) is 10.6 Å². The minimum atomic E-state index is -4.40. The third-order valence-electron chi connectivity index (χ3n) is 8.96. The number of amides is 1. The maximum absolute atomic E-state index is 13.4. The molecule has 1 heterocycles. The van der Waals surface area contributed by atoms with Crippen molar-refractivity contribution in [2.24, 2.45) is 0 Å². The van der Waals surface area contributed by atoms with Gasteiger partial charge in [-0.2, -0.15) is 13.2 Å². The molecule has 0 radical (unpaired) electrons. The van der Waals surface area contributed by atoms with Crippen molar-refractivity contribution in [3.63, 3.8) is 0 Å². The van der Waals surface area contributed by atoms with Crippen molar-refractivity contribution in [3.8, 4) is 0 Å². The lowest BCUT2D eigenvalue weighted by molar-refractivity contribution is -0.136. The summed E-state index contributed by atoms with van der Waals surface area (Å²) in [4.78, 5) is 23.4. The number of dihydropyridines is 1. The Labute approximate surface area is 256 Å². The highest BCUT2D eigenvalue weighted by molar-refractivity contribution is 5.94. The molecular formula is C36H39F3N2O3. The molecule has 1 amide bonds. The predicted octanol–water partition coefficient (Wildman–Crippen LogP) is 8.06. The van der Waals surface area contributed by atoms with E-state index >= 15 is 0 Å². The number of hydrogen-bond acceptors (Lipinski definition) is 3. The van der Waals surface area contributed by atoms with Crippen LogP contribution in [-0.2, 0) is 4.79 Å². The molecule has 3 atom stereocenters. The summed E-state index contributed by atoms with van der Waals surface area (Å²) in [6.45, 7) is 2.19. The molecule has 8 heteroatoms. The summed E-state index contributed by atoms with van der Waals surface area (Å²) in [7, 11) is 0. The van der Waals surface area contributed by atoms with Gasteiger partial charge in [0.15, 0.2) is 0 Å². The molecule has 1 saturated carbocycles. The van der Waals surface area contributed by atoms with Crippen molar-refractivity contribution in [1.29, 1.82) is 0 Å². The fourth-order valence-corrected chi connectivity index (χ4v) is 6.69. The number of carboxylic acids is 1. The van der Waals surface area contributed by atoms with Gasteiger partial charge in [-0.15, -0.1) is 0 Å². The van der Waals surface area contributed by atoms with Gasteiger partial charge in [-0.1, -0.05) is 74.7 Å². The SMILES string of the molecule is CCCC(c1ccc(C(=O)NCCC(=O)O)cc1)C(C1=CNC2C=C(C(F)(F)F)C=CC2=C1)c1ccc(C2CCCC2)cc1. The number of benzene rings is 2. The number of nitrogens with one attached hydrogen (secondary N) is 2. The zero-order chi connectivity index (χ0) is 31.3. The number of alkyl halides is 3. The summed E-state index contributed by atoms with van der Waals surface area (Å²) >= 11 is 0. The van der Waals surface area contributed by atoms with Gasteiger partial charge in [0.05, 0.1) is 18.0 Å². The summed E-state index contributed by atoms with van der Waals surface area (Å²) in [6, 6.07) is 15.8. The first-order valence-electron chi connectivity index (χ1n) is 15.5. The number of fused-ring (bicyclic) bond motifs is 1. The van der Waals surface area contributed by atoms with Gasteiger partial charge in [0.25, 0.3) is 5.91 Å². The molecular weight excluding hydrogens is 565 g/mol. The van der Waals surface area contributed by atoms with E-state index < -0.39 is 23.8 Å². The molecule has 3 aliphatic rings. The molecule has 3 N–H and O–H groups in total. The largest absolute Gasteiger partial charge is 0.481 e. The Bertz CT molecular complexity index is 1460. The van der Waals surface area contributed by atoms with E-state index in [1.165, 1.54) is 37.3 Å². The van der Waals surface area contributed by atoms with Crippen LogP contribution < -0.4 is 10.6 Å². The van der Waals surface area contributed by atoms with E-state index in [1.54, 1.807) is 18.2 Å². The third-order valence-corrected chi connectivity index (χ3v) is 8.96. The van der Waals surface area contributed by atoms with Gasteiger partial charge in [0, 0.05) is 24.2 Å². The van der Waals surface area contributed by atoms with E-state index in [9.17, 15) is 22.8 Å². The second-order valence-corrected chi connectivity index (χ2v) is 11.9. The molecule has 44 heavy (non-hydrogen) atoms. The summed E-state index contributed by atoms with van der Waals surface area (Å²) in [6.07, 6.45) is 9.96. The minimum absolute atomic E-state index is 0.0387. The summed E-state index contributed by atoms with van der Waals surface area (Å²) < 4.78 is 40.2. The number of halogens is 3. The average molecular weight is 605 g/mol. The molecule has 2 aliphatic carbocycles. The third kappa shape index (κ3) is 7.34. The fraction of sp³-hybridized carbons (Fsp3) is 0.389. The predicted molar refractivity (Wildman–Crippen MR) is 165 cm³/mol. The lowest BCUT2D eigenvalue weighted by Gasteiger charge is -2.33. The van der Waals surface area contributed by atoms with Crippen LogP contribution in [0.2, 0.25) is 0 Å². The topological polar surface area (TPSA) is 78.4 Å². The van der Waals surface area contributed by atoms with Crippen LogP contribution in [0.4, 0.5) is 13.2 Å². The van der Waals surface area contributed by atoms with E-state index in [1.807, 2.05) is 24.4 Å². The molecule has 2 aromatic carbocycles. The molecule has 0 spiro atoms. The van der Waals surface area contributed by atoms with Gasteiger partial charge in [-0.3, -0.25) is 9.59 Å². The van der Waals surface area contributed by atoms with Crippen LogP contribution in [0.5, 0.6) is 0 Å². The maximum Gasteiger partial charge on any atom is 0.416 e. The number of carbonyl (C=O) groups excluding carboxylic acids is 1. The quantitative estimate of drug-likeness (QED) is 0.243. The van der Waals surface area contributed by atoms with Gasteiger partial charge in [-0.25, -0.2) is 0 Å². The van der Waals surface area contributed by atoms with Crippen LogP contribution in [0.25, 0.3) is 0 Å². The van der Waals surface area contributed by atoms with E-state index in [4.69, 9.17) is 5.11 Å². The number of hydrogen-bond donors (Lipinski definition) is 3. The second-order valence-electron chi connectivity index (χ2n) is 11.9. The summed E-state index contributed by atoms with van der Waals surface area (Å²) in [5.74, 6) is -0.751. The number of rotatable bonds is 11. The van der Waals surface area contributed by atoms with Crippen LogP contribution in [0.15, 0.2) is 95.8 Å².